The van der Waals surface area contributed by atoms with Crippen LogP contribution in [0.1, 0.15) is 31.2 Å². The van der Waals surface area contributed by atoms with Crippen LogP contribution < -0.4 is 10.0 Å². The molecule has 0 aliphatic heterocycles. The Morgan fingerprint density at radius 1 is 1.24 bits per heavy atom. The fraction of sp³-hybridized carbons (Fsp3) is 0.600. The number of hydrogen-bond donors (Lipinski definition) is 2. The number of halogens is 1. The fourth-order valence-corrected chi connectivity index (χ4v) is 4.39. The van der Waals surface area contributed by atoms with Gasteiger partial charge in [0.05, 0.1) is 4.90 Å². The molecule has 2 saturated carbocycles. The lowest BCUT2D eigenvalue weighted by Gasteiger charge is -2.18. The predicted molar refractivity (Wildman–Crippen MR) is 83.8 cm³/mol. The first-order valence-corrected chi connectivity index (χ1v) is 9.33. The molecule has 0 aromatic heterocycles. The Bertz CT molecular complexity index is 613. The molecule has 0 heterocycles. The highest BCUT2D eigenvalue weighted by Crippen LogP contribution is 2.45. The third-order valence-corrected chi connectivity index (χ3v) is 6.07. The molecule has 1 aromatic carbocycles. The lowest BCUT2D eigenvalue weighted by molar-refractivity contribution is 0.471. The lowest BCUT2D eigenvalue weighted by atomic mass is 10.1. The summed E-state index contributed by atoms with van der Waals surface area (Å²) in [6.45, 7) is 0.552. The molecule has 0 bridgehead atoms. The third kappa shape index (κ3) is 3.59. The molecular weight excluding hydrogens is 308 g/mol. The van der Waals surface area contributed by atoms with Crippen molar-refractivity contribution < 1.29 is 8.42 Å². The minimum absolute atomic E-state index is 0.124. The van der Waals surface area contributed by atoms with Crippen molar-refractivity contribution in [3.05, 3.63) is 28.8 Å². The van der Waals surface area contributed by atoms with E-state index in [0.717, 1.165) is 31.2 Å². The molecule has 116 valence electrons. The summed E-state index contributed by atoms with van der Waals surface area (Å²) in [5, 5.41) is 3.59. The lowest BCUT2D eigenvalue weighted by Crippen LogP contribution is -2.38. The van der Waals surface area contributed by atoms with Gasteiger partial charge in [-0.25, -0.2) is 13.1 Å². The van der Waals surface area contributed by atoms with Crippen molar-refractivity contribution in [2.24, 2.45) is 11.8 Å². The molecule has 0 spiro atoms. The van der Waals surface area contributed by atoms with Gasteiger partial charge in [0, 0.05) is 17.6 Å². The molecule has 0 radical (unpaired) electrons. The number of nitrogens with one attached hydrogen (secondary N) is 2. The molecule has 2 aliphatic rings. The van der Waals surface area contributed by atoms with E-state index >= 15 is 0 Å². The van der Waals surface area contributed by atoms with Crippen LogP contribution in [0.25, 0.3) is 0 Å². The van der Waals surface area contributed by atoms with Crippen molar-refractivity contribution in [3.8, 4) is 0 Å². The van der Waals surface area contributed by atoms with Crippen LogP contribution in [0.5, 0.6) is 0 Å². The quantitative estimate of drug-likeness (QED) is 0.808. The second-order valence-electron chi connectivity index (χ2n) is 6.11. The first kappa shape index (κ1) is 15.3. The van der Waals surface area contributed by atoms with Gasteiger partial charge in [-0.1, -0.05) is 11.6 Å². The maximum atomic E-state index is 12.6. The average molecular weight is 329 g/mol. The summed E-state index contributed by atoms with van der Waals surface area (Å²) >= 11 is 6.10. The minimum atomic E-state index is -3.46. The molecule has 3 rings (SSSR count). The van der Waals surface area contributed by atoms with Crippen LogP contribution in [0.3, 0.4) is 0 Å². The molecule has 1 aromatic rings. The number of hydrogen-bond acceptors (Lipinski definition) is 3. The summed E-state index contributed by atoms with van der Waals surface area (Å²) in [6, 6.07) is 5.03. The van der Waals surface area contributed by atoms with Crippen molar-refractivity contribution in [1.82, 2.24) is 10.0 Å². The molecule has 2 N–H and O–H groups in total. The minimum Gasteiger partial charge on any atom is -0.316 e. The number of benzene rings is 1. The largest absolute Gasteiger partial charge is 0.316 e. The summed E-state index contributed by atoms with van der Waals surface area (Å²) in [7, 11) is -1.65. The first-order chi connectivity index (χ1) is 10.0. The van der Waals surface area contributed by atoms with Gasteiger partial charge in [0.15, 0.2) is 0 Å². The number of rotatable bonds is 7. The predicted octanol–water partition coefficient (Wildman–Crippen LogP) is 2.53. The molecular formula is C15H21ClN2O2S. The van der Waals surface area contributed by atoms with E-state index in [2.05, 4.69) is 10.0 Å². The molecule has 2 aliphatic carbocycles. The molecule has 0 atom stereocenters. The van der Waals surface area contributed by atoms with Gasteiger partial charge >= 0.3 is 0 Å². The molecule has 6 heteroatoms. The normalized spacial score (nSPS) is 19.2. The van der Waals surface area contributed by atoms with Crippen molar-refractivity contribution in [1.29, 1.82) is 0 Å². The summed E-state index contributed by atoms with van der Waals surface area (Å²) in [4.78, 5) is 0.309. The van der Waals surface area contributed by atoms with Crippen LogP contribution in [0, 0.1) is 11.8 Å². The zero-order valence-corrected chi connectivity index (χ0v) is 13.7. The van der Waals surface area contributed by atoms with Gasteiger partial charge in [0.2, 0.25) is 10.0 Å². The van der Waals surface area contributed by atoms with Gasteiger partial charge < -0.3 is 5.32 Å². The van der Waals surface area contributed by atoms with Crippen LogP contribution in [0.2, 0.25) is 5.02 Å². The zero-order chi connectivity index (χ0) is 15.0. The van der Waals surface area contributed by atoms with Crippen LogP contribution in [-0.4, -0.2) is 21.5 Å². The van der Waals surface area contributed by atoms with Gasteiger partial charge in [-0.15, -0.1) is 0 Å². The van der Waals surface area contributed by atoms with Crippen LogP contribution in [0.15, 0.2) is 23.1 Å². The fourth-order valence-electron chi connectivity index (χ4n) is 2.78. The van der Waals surface area contributed by atoms with Gasteiger partial charge in [0.1, 0.15) is 0 Å². The molecule has 2 fully saturated rings. The van der Waals surface area contributed by atoms with E-state index in [1.165, 1.54) is 0 Å². The van der Waals surface area contributed by atoms with E-state index < -0.39 is 10.0 Å². The highest BCUT2D eigenvalue weighted by atomic mass is 35.5. The number of sulfonamides is 1. The standard InChI is InChI=1S/C15H21ClN2O2S/c1-17-9-12-8-13(6-7-14(12)16)21(19,20)18-15(10-2-3-10)11-4-5-11/h6-8,10-11,15,17-18H,2-5,9H2,1H3. The van der Waals surface area contributed by atoms with E-state index in [1.807, 2.05) is 7.05 Å². The smallest absolute Gasteiger partial charge is 0.240 e. The van der Waals surface area contributed by atoms with E-state index in [9.17, 15) is 8.42 Å². The van der Waals surface area contributed by atoms with E-state index in [-0.39, 0.29) is 6.04 Å². The van der Waals surface area contributed by atoms with E-state index in [4.69, 9.17) is 11.6 Å². The molecule has 0 saturated heterocycles. The zero-order valence-electron chi connectivity index (χ0n) is 12.1. The molecule has 4 nitrogen and oxygen atoms in total. The van der Waals surface area contributed by atoms with Gasteiger partial charge in [-0.2, -0.15) is 0 Å². The Morgan fingerprint density at radius 2 is 1.86 bits per heavy atom. The highest BCUT2D eigenvalue weighted by molar-refractivity contribution is 7.89. The summed E-state index contributed by atoms with van der Waals surface area (Å²) < 4.78 is 28.1. The Morgan fingerprint density at radius 3 is 2.38 bits per heavy atom. The average Bonchev–Trinajstić information content (AvgIpc) is 3.31. The van der Waals surface area contributed by atoms with Gasteiger partial charge in [-0.05, 0) is 68.3 Å². The van der Waals surface area contributed by atoms with Crippen LogP contribution in [0.4, 0.5) is 0 Å². The maximum absolute atomic E-state index is 12.6. The van der Waals surface area contributed by atoms with Crippen LogP contribution >= 0.6 is 11.6 Å². The monoisotopic (exact) mass is 328 g/mol. The summed E-state index contributed by atoms with van der Waals surface area (Å²) in [6.07, 6.45) is 4.59. The SMILES string of the molecule is CNCc1cc(S(=O)(=O)NC(C2CC2)C2CC2)ccc1Cl. The van der Waals surface area contributed by atoms with Crippen molar-refractivity contribution in [3.63, 3.8) is 0 Å². The Hall–Kier alpha value is -0.620. The van der Waals surface area contributed by atoms with E-state index in [1.54, 1.807) is 18.2 Å². The molecule has 0 amide bonds. The second-order valence-corrected chi connectivity index (χ2v) is 8.23. The van der Waals surface area contributed by atoms with Gasteiger partial charge in [0.25, 0.3) is 0 Å². The second kappa shape index (κ2) is 5.88. The molecule has 0 unspecified atom stereocenters. The highest BCUT2D eigenvalue weighted by Gasteiger charge is 2.43. The summed E-state index contributed by atoms with van der Waals surface area (Å²) in [5.74, 6) is 1.08. The summed E-state index contributed by atoms with van der Waals surface area (Å²) in [5.41, 5.74) is 0.802. The van der Waals surface area contributed by atoms with Crippen molar-refractivity contribution in [2.45, 2.75) is 43.2 Å². The van der Waals surface area contributed by atoms with Crippen molar-refractivity contribution >= 4 is 21.6 Å². The van der Waals surface area contributed by atoms with Gasteiger partial charge in [-0.3, -0.25) is 0 Å². The van der Waals surface area contributed by atoms with E-state index in [0.29, 0.717) is 28.3 Å². The third-order valence-electron chi connectivity index (χ3n) is 4.25. The Balaban J connectivity index is 1.81. The van der Waals surface area contributed by atoms with Crippen molar-refractivity contribution in [2.75, 3.05) is 7.05 Å². The van der Waals surface area contributed by atoms with Crippen LogP contribution in [-0.2, 0) is 16.6 Å². The Kier molecular flexibility index (Phi) is 4.28. The first-order valence-electron chi connectivity index (χ1n) is 7.46. The topological polar surface area (TPSA) is 58.2 Å². The Labute approximate surface area is 131 Å². The molecule has 21 heavy (non-hydrogen) atoms. The maximum Gasteiger partial charge on any atom is 0.240 e.